The molecule has 174 valence electrons. The molecule has 1 N–H and O–H groups in total. The number of nitrogens with zero attached hydrogens (tertiary/aromatic N) is 1. The van der Waals surface area contributed by atoms with Gasteiger partial charge in [0.05, 0.1) is 19.1 Å². The summed E-state index contributed by atoms with van der Waals surface area (Å²) in [6.45, 7) is 0.548. The number of hydrogen-bond acceptors (Lipinski definition) is 6. The van der Waals surface area contributed by atoms with Crippen LogP contribution in [0.1, 0.15) is 31.2 Å². The van der Waals surface area contributed by atoms with E-state index >= 15 is 0 Å². The Balaban J connectivity index is 1.46. The third-order valence-electron chi connectivity index (χ3n) is 4.99. The summed E-state index contributed by atoms with van der Waals surface area (Å²) in [5, 5.41) is 2.90. The monoisotopic (exact) mass is 596 g/mol. The second kappa shape index (κ2) is 12.4. The average molecular weight is 597 g/mol. The molecule has 9 heteroatoms. The maximum absolute atomic E-state index is 12.8. The molecule has 1 saturated heterocycles. The van der Waals surface area contributed by atoms with Crippen LogP contribution in [0.25, 0.3) is 6.08 Å². The largest absolute Gasteiger partial charge is 0.493 e. The van der Waals surface area contributed by atoms with Crippen LogP contribution in [0, 0.1) is 3.57 Å². The van der Waals surface area contributed by atoms with Crippen molar-refractivity contribution in [1.29, 1.82) is 0 Å². The molecule has 1 aliphatic rings. The Morgan fingerprint density at radius 2 is 1.82 bits per heavy atom. The van der Waals surface area contributed by atoms with E-state index in [9.17, 15) is 9.59 Å². The first-order valence-electron chi connectivity index (χ1n) is 10.4. The number of carbonyl (C=O) groups excluding carboxylic acids is 2. The second-order valence-corrected chi connectivity index (χ2v) is 10.2. The van der Waals surface area contributed by atoms with Gasteiger partial charge in [0.25, 0.3) is 5.91 Å². The molecule has 6 nitrogen and oxygen atoms in total. The summed E-state index contributed by atoms with van der Waals surface area (Å²) < 4.78 is 12.3. The van der Waals surface area contributed by atoms with Gasteiger partial charge < -0.3 is 14.8 Å². The Labute approximate surface area is 217 Å². The van der Waals surface area contributed by atoms with Crippen molar-refractivity contribution in [1.82, 2.24) is 4.90 Å². The number of rotatable bonds is 10. The van der Waals surface area contributed by atoms with E-state index < -0.39 is 0 Å². The molecule has 0 aliphatic carbocycles. The highest BCUT2D eigenvalue weighted by molar-refractivity contribution is 14.1. The molecular formula is C24H25IN2O4S2. The summed E-state index contributed by atoms with van der Waals surface area (Å²) >= 11 is 8.95. The summed E-state index contributed by atoms with van der Waals surface area (Å²) in [6, 6.07) is 13.2. The number of halogens is 1. The number of methoxy groups -OCH3 is 2. The zero-order chi connectivity index (χ0) is 23.8. The molecule has 0 bridgehead atoms. The zero-order valence-corrected chi connectivity index (χ0v) is 22.2. The molecule has 1 aliphatic heterocycles. The van der Waals surface area contributed by atoms with Gasteiger partial charge >= 0.3 is 0 Å². The lowest BCUT2D eigenvalue weighted by molar-refractivity contribution is -0.122. The Kier molecular flexibility index (Phi) is 9.57. The number of ether oxygens (including phenoxy) is 2. The number of hydrogen-bond donors (Lipinski definition) is 1. The molecule has 2 aromatic carbocycles. The fourth-order valence-corrected chi connectivity index (χ4v) is 4.94. The predicted octanol–water partition coefficient (Wildman–Crippen LogP) is 5.71. The number of amides is 2. The van der Waals surface area contributed by atoms with Crippen molar-refractivity contribution in [3.63, 3.8) is 0 Å². The maximum Gasteiger partial charge on any atom is 0.266 e. The highest BCUT2D eigenvalue weighted by atomic mass is 127. The fourth-order valence-electron chi connectivity index (χ4n) is 3.28. The first-order chi connectivity index (χ1) is 15.9. The number of thioether (sulfide) groups is 1. The van der Waals surface area contributed by atoms with Gasteiger partial charge in [0.15, 0.2) is 11.5 Å². The van der Waals surface area contributed by atoms with Crippen LogP contribution in [0.2, 0.25) is 0 Å². The Hall–Kier alpha value is -2.11. The third-order valence-corrected chi connectivity index (χ3v) is 7.09. The summed E-state index contributed by atoms with van der Waals surface area (Å²) in [5.41, 5.74) is 1.64. The van der Waals surface area contributed by atoms with Gasteiger partial charge in [-0.25, -0.2) is 0 Å². The average Bonchev–Trinajstić information content (AvgIpc) is 3.07. The van der Waals surface area contributed by atoms with Gasteiger partial charge in [-0.1, -0.05) is 36.5 Å². The van der Waals surface area contributed by atoms with E-state index in [-0.39, 0.29) is 11.8 Å². The smallest absolute Gasteiger partial charge is 0.266 e. The lowest BCUT2D eigenvalue weighted by atomic mass is 10.1. The topological polar surface area (TPSA) is 67.9 Å². The van der Waals surface area contributed by atoms with E-state index in [1.807, 2.05) is 42.5 Å². The molecular weight excluding hydrogens is 571 g/mol. The minimum atomic E-state index is -0.0868. The van der Waals surface area contributed by atoms with Crippen LogP contribution in [0.15, 0.2) is 47.4 Å². The van der Waals surface area contributed by atoms with Crippen LogP contribution < -0.4 is 14.8 Å². The molecule has 0 saturated carbocycles. The Morgan fingerprint density at radius 1 is 1.09 bits per heavy atom. The van der Waals surface area contributed by atoms with Gasteiger partial charge in [-0.05, 0) is 83.5 Å². The van der Waals surface area contributed by atoms with Crippen molar-refractivity contribution in [2.45, 2.75) is 25.7 Å². The van der Waals surface area contributed by atoms with Crippen LogP contribution in [0.5, 0.6) is 11.5 Å². The van der Waals surface area contributed by atoms with Crippen molar-refractivity contribution in [2.75, 3.05) is 26.1 Å². The molecule has 33 heavy (non-hydrogen) atoms. The minimum Gasteiger partial charge on any atom is -0.493 e. The number of unbranched alkanes of at least 4 members (excludes halogenated alkanes) is 2. The molecule has 1 fully saturated rings. The van der Waals surface area contributed by atoms with Crippen molar-refractivity contribution in [2.24, 2.45) is 0 Å². The van der Waals surface area contributed by atoms with E-state index in [2.05, 4.69) is 27.9 Å². The molecule has 1 heterocycles. The third kappa shape index (κ3) is 7.18. The van der Waals surface area contributed by atoms with Gasteiger partial charge in [-0.15, -0.1) is 0 Å². The van der Waals surface area contributed by atoms with Gasteiger partial charge in [0.1, 0.15) is 4.32 Å². The minimum absolute atomic E-state index is 0.000303. The van der Waals surface area contributed by atoms with Crippen LogP contribution in [0.4, 0.5) is 5.69 Å². The van der Waals surface area contributed by atoms with Crippen molar-refractivity contribution < 1.29 is 19.1 Å². The first kappa shape index (κ1) is 25.5. The summed E-state index contributed by atoms with van der Waals surface area (Å²) in [6.07, 6.45) is 4.64. The second-order valence-electron chi connectivity index (χ2n) is 7.31. The fraction of sp³-hybridized carbons (Fsp3) is 0.292. The van der Waals surface area contributed by atoms with Gasteiger partial charge in [0, 0.05) is 22.2 Å². The molecule has 2 aromatic rings. The summed E-state index contributed by atoms with van der Waals surface area (Å²) in [7, 11) is 3.16. The molecule has 2 amide bonds. The standard InChI is InChI=1S/C24H25IN2O4S2/c1-30-19-12-7-16(14-20(19)31-2)15-21-23(29)27(24(32)33-21)13-5-3-4-6-22(28)26-18-10-8-17(25)9-11-18/h7-12,14-15H,3-6,13H2,1-2H3,(H,26,28)/b21-15-. The van der Waals surface area contributed by atoms with Crippen LogP contribution in [-0.4, -0.2) is 41.8 Å². The normalized spacial score (nSPS) is 14.6. The van der Waals surface area contributed by atoms with Crippen molar-refractivity contribution in [3.05, 3.63) is 56.5 Å². The quantitative estimate of drug-likeness (QED) is 0.164. The first-order valence-corrected chi connectivity index (χ1v) is 12.7. The van der Waals surface area contributed by atoms with E-state index in [0.29, 0.717) is 33.7 Å². The number of nitrogens with one attached hydrogen (secondary N) is 1. The van der Waals surface area contributed by atoms with Gasteiger partial charge in [0.2, 0.25) is 5.91 Å². The molecule has 0 atom stereocenters. The van der Waals surface area contributed by atoms with E-state index in [0.717, 1.165) is 34.1 Å². The highest BCUT2D eigenvalue weighted by Gasteiger charge is 2.31. The summed E-state index contributed by atoms with van der Waals surface area (Å²) in [5.74, 6) is 1.15. The number of benzene rings is 2. The van der Waals surface area contributed by atoms with E-state index in [1.54, 1.807) is 25.2 Å². The lowest BCUT2D eigenvalue weighted by Gasteiger charge is -2.14. The molecule has 0 unspecified atom stereocenters. The van der Waals surface area contributed by atoms with Crippen LogP contribution >= 0.6 is 46.6 Å². The Bertz CT molecular complexity index is 1060. The van der Waals surface area contributed by atoms with E-state index in [1.165, 1.54) is 11.8 Å². The molecule has 0 radical (unpaired) electrons. The summed E-state index contributed by atoms with van der Waals surface area (Å²) in [4.78, 5) is 27.1. The maximum atomic E-state index is 12.8. The molecule has 0 spiro atoms. The van der Waals surface area contributed by atoms with E-state index in [4.69, 9.17) is 21.7 Å². The van der Waals surface area contributed by atoms with Gasteiger partial charge in [-0.2, -0.15) is 0 Å². The number of thiocarbonyl (C=S) groups is 1. The van der Waals surface area contributed by atoms with Crippen molar-refractivity contribution in [3.8, 4) is 11.5 Å². The predicted molar refractivity (Wildman–Crippen MR) is 146 cm³/mol. The zero-order valence-electron chi connectivity index (χ0n) is 18.4. The number of anilines is 1. The van der Waals surface area contributed by atoms with Gasteiger partial charge in [-0.3, -0.25) is 14.5 Å². The van der Waals surface area contributed by atoms with Crippen LogP contribution in [0.3, 0.4) is 0 Å². The SMILES string of the molecule is COc1ccc(/C=C2\SC(=S)N(CCCCCC(=O)Nc3ccc(I)cc3)C2=O)cc1OC. The van der Waals surface area contributed by atoms with Crippen molar-refractivity contribution >= 4 is 74.5 Å². The molecule has 3 rings (SSSR count). The Morgan fingerprint density at radius 3 is 2.52 bits per heavy atom. The number of carbonyl (C=O) groups is 2. The van der Waals surface area contributed by atoms with Crippen LogP contribution in [-0.2, 0) is 9.59 Å². The lowest BCUT2D eigenvalue weighted by Crippen LogP contribution is -2.29. The highest BCUT2D eigenvalue weighted by Crippen LogP contribution is 2.34. The molecule has 0 aromatic heterocycles.